The fourth-order valence-electron chi connectivity index (χ4n) is 3.18. The Hall–Kier alpha value is -3.64. The molecule has 0 aliphatic carbocycles. The highest BCUT2D eigenvalue weighted by molar-refractivity contribution is 6.33. The number of hydrogen-bond acceptors (Lipinski definition) is 5. The maximum Gasteiger partial charge on any atom is 0.254 e. The van der Waals surface area contributed by atoms with E-state index in [1.54, 1.807) is 29.2 Å². The van der Waals surface area contributed by atoms with Crippen LogP contribution in [0, 0.1) is 0 Å². The molecule has 0 bridgehead atoms. The summed E-state index contributed by atoms with van der Waals surface area (Å²) in [5.74, 6) is 1.79. The second-order valence-corrected chi connectivity index (χ2v) is 7.86. The molecule has 0 saturated heterocycles. The number of halogens is 1. The quantitative estimate of drug-likeness (QED) is 0.335. The Kier molecular flexibility index (Phi) is 6.52. The molecule has 0 spiro atoms. The Morgan fingerprint density at radius 3 is 2.44 bits per heavy atom. The maximum absolute atomic E-state index is 13.3. The minimum Gasteiger partial charge on any atom is -0.457 e. The van der Waals surface area contributed by atoms with Crippen LogP contribution < -0.4 is 4.74 Å². The van der Waals surface area contributed by atoms with Crippen LogP contribution in [0.4, 0.5) is 0 Å². The number of carbonyl (C=O) groups is 1. The lowest BCUT2D eigenvalue weighted by Gasteiger charge is -2.25. The van der Waals surface area contributed by atoms with Gasteiger partial charge in [-0.05, 0) is 56.3 Å². The molecule has 0 aliphatic rings. The molecule has 4 rings (SSSR count). The van der Waals surface area contributed by atoms with Crippen molar-refractivity contribution in [3.8, 4) is 23.0 Å². The Bertz CT molecular complexity index is 1210. The summed E-state index contributed by atoms with van der Waals surface area (Å²) >= 11 is 6.22. The Morgan fingerprint density at radius 1 is 0.969 bits per heavy atom. The van der Waals surface area contributed by atoms with Gasteiger partial charge >= 0.3 is 0 Å². The molecule has 1 heterocycles. The molecule has 0 N–H and O–H groups in total. The van der Waals surface area contributed by atoms with Crippen molar-refractivity contribution in [2.24, 2.45) is 0 Å². The summed E-state index contributed by atoms with van der Waals surface area (Å²) in [6.07, 6.45) is 0. The van der Waals surface area contributed by atoms with Crippen LogP contribution in [0.3, 0.4) is 0 Å². The van der Waals surface area contributed by atoms with Gasteiger partial charge in [0.05, 0.1) is 17.1 Å². The number of hydrogen-bond donors (Lipinski definition) is 0. The third kappa shape index (κ3) is 4.98. The van der Waals surface area contributed by atoms with E-state index in [2.05, 4.69) is 10.2 Å². The van der Waals surface area contributed by atoms with Crippen molar-refractivity contribution in [2.75, 3.05) is 0 Å². The first-order valence-corrected chi connectivity index (χ1v) is 10.6. The van der Waals surface area contributed by atoms with E-state index in [-0.39, 0.29) is 18.5 Å². The van der Waals surface area contributed by atoms with Gasteiger partial charge in [0, 0.05) is 11.6 Å². The van der Waals surface area contributed by atoms with Gasteiger partial charge in [-0.3, -0.25) is 4.79 Å². The largest absolute Gasteiger partial charge is 0.457 e. The zero-order chi connectivity index (χ0) is 22.5. The standard InChI is InChI=1S/C25H22ClN3O3/c1-17(2)29(16-23-27-28-24(32-23)21-13-6-7-14-22(21)26)25(30)18-9-8-12-20(15-18)31-19-10-4-3-5-11-19/h3-15,17H,16H2,1-2H3. The molecule has 1 aromatic heterocycles. The number of nitrogens with zero attached hydrogens (tertiary/aromatic N) is 3. The third-order valence-electron chi connectivity index (χ3n) is 4.82. The topological polar surface area (TPSA) is 68.5 Å². The summed E-state index contributed by atoms with van der Waals surface area (Å²) in [4.78, 5) is 15.0. The van der Waals surface area contributed by atoms with Gasteiger partial charge in [0.2, 0.25) is 11.8 Å². The molecule has 1 amide bonds. The average molecular weight is 448 g/mol. The number of carbonyl (C=O) groups excluding carboxylic acids is 1. The summed E-state index contributed by atoms with van der Waals surface area (Å²) in [5.41, 5.74) is 1.17. The molecule has 0 radical (unpaired) electrons. The SMILES string of the molecule is CC(C)N(Cc1nnc(-c2ccccc2Cl)o1)C(=O)c1cccc(Oc2ccccc2)c1. The van der Waals surface area contributed by atoms with Gasteiger partial charge in [-0.25, -0.2) is 0 Å². The first-order chi connectivity index (χ1) is 15.5. The predicted molar refractivity (Wildman–Crippen MR) is 123 cm³/mol. The van der Waals surface area contributed by atoms with E-state index in [4.69, 9.17) is 20.8 Å². The normalized spacial score (nSPS) is 10.9. The number of amides is 1. The highest BCUT2D eigenvalue weighted by atomic mass is 35.5. The number of rotatable bonds is 7. The van der Waals surface area contributed by atoms with E-state index in [1.165, 1.54) is 0 Å². The van der Waals surface area contributed by atoms with Crippen molar-refractivity contribution in [2.45, 2.75) is 26.4 Å². The molecule has 0 unspecified atom stereocenters. The average Bonchev–Trinajstić information content (AvgIpc) is 3.26. The van der Waals surface area contributed by atoms with E-state index in [1.807, 2.05) is 68.4 Å². The molecule has 162 valence electrons. The number of para-hydroxylation sites is 1. The fourth-order valence-corrected chi connectivity index (χ4v) is 3.40. The molecule has 3 aromatic carbocycles. The van der Waals surface area contributed by atoms with Crippen molar-refractivity contribution in [3.63, 3.8) is 0 Å². The first kappa shape index (κ1) is 21.6. The van der Waals surface area contributed by atoms with Crippen LogP contribution in [0.15, 0.2) is 83.3 Å². The van der Waals surface area contributed by atoms with Gasteiger partial charge in [-0.1, -0.05) is 48.0 Å². The summed E-state index contributed by atoms with van der Waals surface area (Å²) in [6.45, 7) is 4.05. The van der Waals surface area contributed by atoms with Crippen molar-refractivity contribution in [1.82, 2.24) is 15.1 Å². The van der Waals surface area contributed by atoms with Gasteiger partial charge < -0.3 is 14.1 Å². The van der Waals surface area contributed by atoms with Gasteiger partial charge in [0.1, 0.15) is 11.5 Å². The molecule has 6 nitrogen and oxygen atoms in total. The molecule has 0 saturated carbocycles. The minimum atomic E-state index is -0.156. The number of benzene rings is 3. The van der Waals surface area contributed by atoms with Crippen molar-refractivity contribution < 1.29 is 13.9 Å². The van der Waals surface area contributed by atoms with Crippen LogP contribution in [-0.4, -0.2) is 27.0 Å². The van der Waals surface area contributed by atoms with Gasteiger partial charge in [-0.2, -0.15) is 0 Å². The van der Waals surface area contributed by atoms with E-state index in [0.717, 1.165) is 0 Å². The van der Waals surface area contributed by atoms with Gasteiger partial charge in [0.25, 0.3) is 5.91 Å². The molecule has 0 aliphatic heterocycles. The Morgan fingerprint density at radius 2 is 1.69 bits per heavy atom. The molecule has 4 aromatic rings. The van der Waals surface area contributed by atoms with Crippen LogP contribution >= 0.6 is 11.6 Å². The molecule has 0 fully saturated rings. The highest BCUT2D eigenvalue weighted by Gasteiger charge is 2.23. The van der Waals surface area contributed by atoms with Gasteiger partial charge in [-0.15, -0.1) is 10.2 Å². The van der Waals surface area contributed by atoms with E-state index >= 15 is 0 Å². The molecule has 32 heavy (non-hydrogen) atoms. The highest BCUT2D eigenvalue weighted by Crippen LogP contribution is 2.27. The second kappa shape index (κ2) is 9.66. The summed E-state index contributed by atoms with van der Waals surface area (Å²) in [7, 11) is 0. The van der Waals surface area contributed by atoms with Crippen molar-refractivity contribution in [1.29, 1.82) is 0 Å². The van der Waals surface area contributed by atoms with Crippen LogP contribution in [0.2, 0.25) is 5.02 Å². The van der Waals surface area contributed by atoms with E-state index in [0.29, 0.717) is 39.4 Å². The number of ether oxygens (including phenoxy) is 1. The van der Waals surface area contributed by atoms with E-state index in [9.17, 15) is 4.79 Å². The van der Waals surface area contributed by atoms with Gasteiger partial charge in [0.15, 0.2) is 0 Å². The summed E-state index contributed by atoms with van der Waals surface area (Å²) in [6, 6.07) is 23.7. The lowest BCUT2D eigenvalue weighted by molar-refractivity contribution is 0.0672. The van der Waals surface area contributed by atoms with E-state index < -0.39 is 0 Å². The first-order valence-electron chi connectivity index (χ1n) is 10.2. The number of aromatic nitrogens is 2. The maximum atomic E-state index is 13.3. The zero-order valence-electron chi connectivity index (χ0n) is 17.7. The third-order valence-corrected chi connectivity index (χ3v) is 5.15. The predicted octanol–water partition coefficient (Wildman–Crippen LogP) is 6.23. The summed E-state index contributed by atoms with van der Waals surface area (Å²) in [5, 5.41) is 8.73. The molecule has 0 atom stereocenters. The fraction of sp³-hybridized carbons (Fsp3) is 0.160. The zero-order valence-corrected chi connectivity index (χ0v) is 18.5. The molecule has 7 heteroatoms. The monoisotopic (exact) mass is 447 g/mol. The van der Waals surface area contributed by atoms with Crippen molar-refractivity contribution >= 4 is 17.5 Å². The lowest BCUT2D eigenvalue weighted by Crippen LogP contribution is -2.36. The van der Waals surface area contributed by atoms with Crippen molar-refractivity contribution in [3.05, 3.63) is 95.3 Å². The van der Waals surface area contributed by atoms with Crippen LogP contribution in [0.1, 0.15) is 30.1 Å². The Balaban J connectivity index is 1.53. The molecular formula is C25H22ClN3O3. The Labute approximate surface area is 191 Å². The van der Waals surface area contributed by atoms with Crippen LogP contribution in [0.25, 0.3) is 11.5 Å². The smallest absolute Gasteiger partial charge is 0.254 e. The second-order valence-electron chi connectivity index (χ2n) is 7.45. The van der Waals surface area contributed by atoms with Crippen LogP contribution in [0.5, 0.6) is 11.5 Å². The molecular weight excluding hydrogens is 426 g/mol. The minimum absolute atomic E-state index is 0.0862. The lowest BCUT2D eigenvalue weighted by atomic mass is 10.1. The van der Waals surface area contributed by atoms with Crippen LogP contribution in [-0.2, 0) is 6.54 Å². The summed E-state index contributed by atoms with van der Waals surface area (Å²) < 4.78 is 11.7.